The lowest BCUT2D eigenvalue weighted by molar-refractivity contribution is 0.0596. The zero-order valence-corrected chi connectivity index (χ0v) is 13.3. The monoisotopic (exact) mass is 290 g/mol. The van der Waals surface area contributed by atoms with Crippen molar-refractivity contribution in [3.05, 3.63) is 35.4 Å². The minimum atomic E-state index is -0.249. The van der Waals surface area contributed by atoms with E-state index in [0.717, 1.165) is 31.7 Å². The highest BCUT2D eigenvalue weighted by molar-refractivity contribution is 5.90. The Morgan fingerprint density at radius 1 is 1.43 bits per heavy atom. The molecule has 0 amide bonds. The third-order valence-corrected chi connectivity index (χ3v) is 4.01. The molecule has 1 aromatic rings. The zero-order chi connectivity index (χ0) is 15.2. The van der Waals surface area contributed by atoms with Gasteiger partial charge in [-0.25, -0.2) is 4.79 Å². The van der Waals surface area contributed by atoms with Crippen LogP contribution in [-0.4, -0.2) is 43.7 Å². The Morgan fingerprint density at radius 3 is 2.90 bits per heavy atom. The van der Waals surface area contributed by atoms with Crippen LogP contribution in [0.15, 0.2) is 24.3 Å². The number of hydrogen-bond acceptors (Lipinski definition) is 4. The van der Waals surface area contributed by atoms with Crippen LogP contribution in [0.3, 0.4) is 0 Å². The molecule has 0 aliphatic carbocycles. The number of hydrogen-bond donors (Lipinski definition) is 1. The van der Waals surface area contributed by atoms with Crippen LogP contribution < -0.4 is 5.32 Å². The Hall–Kier alpha value is -1.39. The molecular weight excluding hydrogens is 264 g/mol. The maximum absolute atomic E-state index is 11.9. The van der Waals surface area contributed by atoms with Crippen molar-refractivity contribution in [1.82, 2.24) is 10.2 Å². The fourth-order valence-corrected chi connectivity index (χ4v) is 2.97. The molecule has 1 aromatic carbocycles. The van der Waals surface area contributed by atoms with E-state index in [1.165, 1.54) is 13.5 Å². The first-order chi connectivity index (χ1) is 10.1. The van der Waals surface area contributed by atoms with Gasteiger partial charge in [-0.1, -0.05) is 32.0 Å². The second kappa shape index (κ2) is 7.57. The molecule has 1 heterocycles. The molecule has 1 aliphatic heterocycles. The smallest absolute Gasteiger partial charge is 0.338 e. The van der Waals surface area contributed by atoms with Crippen molar-refractivity contribution >= 4 is 5.97 Å². The van der Waals surface area contributed by atoms with E-state index < -0.39 is 0 Å². The Bertz CT molecular complexity index is 474. The number of nitrogens with one attached hydrogen (secondary N) is 1. The summed E-state index contributed by atoms with van der Waals surface area (Å²) in [5.74, 6) is 0.425. The summed E-state index contributed by atoms with van der Waals surface area (Å²) in [6, 6.07) is 8.28. The normalized spacial score (nSPS) is 19.7. The number of ether oxygens (including phenoxy) is 1. The number of esters is 1. The molecule has 4 heteroatoms. The lowest BCUT2D eigenvalue weighted by Gasteiger charge is -2.37. The Balaban J connectivity index is 2.13. The quantitative estimate of drug-likeness (QED) is 0.845. The predicted octanol–water partition coefficient (Wildman–Crippen LogP) is 2.29. The molecule has 0 saturated carbocycles. The standard InChI is InChI=1S/C17H26N2O2/c1-13(2)10-15-11-18-8-9-19(15)12-14-6-4-5-7-16(14)17(20)21-3/h4-7,13,15,18H,8-12H2,1-3H3. The van der Waals surface area contributed by atoms with Gasteiger partial charge in [0.25, 0.3) is 0 Å². The van der Waals surface area contributed by atoms with Gasteiger partial charge >= 0.3 is 5.97 Å². The minimum absolute atomic E-state index is 0.249. The third kappa shape index (κ3) is 4.29. The Morgan fingerprint density at radius 2 is 2.19 bits per heavy atom. The Kier molecular flexibility index (Phi) is 5.76. The van der Waals surface area contributed by atoms with Gasteiger partial charge in [-0.2, -0.15) is 0 Å². The van der Waals surface area contributed by atoms with E-state index >= 15 is 0 Å². The number of carbonyl (C=O) groups is 1. The molecule has 1 atom stereocenters. The third-order valence-electron chi connectivity index (χ3n) is 4.01. The van der Waals surface area contributed by atoms with Crippen molar-refractivity contribution in [2.75, 3.05) is 26.7 Å². The molecule has 1 fully saturated rings. The summed E-state index contributed by atoms with van der Waals surface area (Å²) in [6.07, 6.45) is 1.17. The number of nitrogens with zero attached hydrogens (tertiary/aromatic N) is 1. The number of piperazine rings is 1. The summed E-state index contributed by atoms with van der Waals surface area (Å²) in [7, 11) is 1.44. The van der Waals surface area contributed by atoms with Crippen LogP contribution in [0.5, 0.6) is 0 Å². The fourth-order valence-electron chi connectivity index (χ4n) is 2.97. The van der Waals surface area contributed by atoms with Crippen LogP contribution >= 0.6 is 0 Å². The molecule has 0 bridgehead atoms. The molecule has 1 unspecified atom stereocenters. The van der Waals surface area contributed by atoms with Gasteiger partial charge in [0.15, 0.2) is 0 Å². The summed E-state index contributed by atoms with van der Waals surface area (Å²) in [6.45, 7) is 8.38. The maximum Gasteiger partial charge on any atom is 0.338 e. The van der Waals surface area contributed by atoms with Gasteiger partial charge in [-0.3, -0.25) is 4.90 Å². The van der Waals surface area contributed by atoms with Crippen LogP contribution in [0.4, 0.5) is 0 Å². The average molecular weight is 290 g/mol. The molecule has 0 aromatic heterocycles. The van der Waals surface area contributed by atoms with Gasteiger partial charge in [0.2, 0.25) is 0 Å². The molecule has 1 aliphatic rings. The summed E-state index contributed by atoms with van der Waals surface area (Å²) >= 11 is 0. The van der Waals surface area contributed by atoms with Crippen LogP contribution in [0.25, 0.3) is 0 Å². The van der Waals surface area contributed by atoms with Gasteiger partial charge in [-0.05, 0) is 24.0 Å². The van der Waals surface area contributed by atoms with Gasteiger partial charge < -0.3 is 10.1 Å². The lowest BCUT2D eigenvalue weighted by Crippen LogP contribution is -2.51. The number of benzene rings is 1. The highest BCUT2D eigenvalue weighted by atomic mass is 16.5. The summed E-state index contributed by atoms with van der Waals surface area (Å²) in [4.78, 5) is 14.4. The van der Waals surface area contributed by atoms with Crippen molar-refractivity contribution in [2.24, 2.45) is 5.92 Å². The molecule has 0 spiro atoms. The SMILES string of the molecule is COC(=O)c1ccccc1CN1CCNCC1CC(C)C. The highest BCUT2D eigenvalue weighted by Crippen LogP contribution is 2.19. The fraction of sp³-hybridized carbons (Fsp3) is 0.588. The van der Waals surface area contributed by atoms with E-state index in [1.54, 1.807) is 0 Å². The summed E-state index contributed by atoms with van der Waals surface area (Å²) in [5, 5.41) is 3.47. The van der Waals surface area contributed by atoms with E-state index in [4.69, 9.17) is 4.74 Å². The maximum atomic E-state index is 11.9. The van der Waals surface area contributed by atoms with Crippen LogP contribution in [0, 0.1) is 5.92 Å². The molecule has 0 radical (unpaired) electrons. The van der Waals surface area contributed by atoms with Crippen molar-refractivity contribution < 1.29 is 9.53 Å². The van der Waals surface area contributed by atoms with E-state index in [2.05, 4.69) is 24.1 Å². The first kappa shape index (κ1) is 16.0. The van der Waals surface area contributed by atoms with E-state index in [9.17, 15) is 4.79 Å². The van der Waals surface area contributed by atoms with Gasteiger partial charge in [-0.15, -0.1) is 0 Å². The van der Waals surface area contributed by atoms with E-state index in [0.29, 0.717) is 17.5 Å². The summed E-state index contributed by atoms with van der Waals surface area (Å²) in [5.41, 5.74) is 1.74. The van der Waals surface area contributed by atoms with Crippen LogP contribution in [0.1, 0.15) is 36.2 Å². The van der Waals surface area contributed by atoms with Crippen LogP contribution in [0.2, 0.25) is 0 Å². The number of carbonyl (C=O) groups excluding carboxylic acids is 1. The largest absolute Gasteiger partial charge is 0.465 e. The van der Waals surface area contributed by atoms with Crippen LogP contribution in [-0.2, 0) is 11.3 Å². The molecule has 1 saturated heterocycles. The topological polar surface area (TPSA) is 41.6 Å². The van der Waals surface area contributed by atoms with Crippen molar-refractivity contribution in [3.63, 3.8) is 0 Å². The van der Waals surface area contributed by atoms with E-state index in [1.807, 2.05) is 24.3 Å². The second-order valence-electron chi connectivity index (χ2n) is 6.11. The number of rotatable bonds is 5. The van der Waals surface area contributed by atoms with Crippen molar-refractivity contribution in [3.8, 4) is 0 Å². The molecular formula is C17H26N2O2. The second-order valence-corrected chi connectivity index (χ2v) is 6.11. The first-order valence-electron chi connectivity index (χ1n) is 7.72. The predicted molar refractivity (Wildman–Crippen MR) is 84.3 cm³/mol. The molecule has 21 heavy (non-hydrogen) atoms. The Labute approximate surface area is 127 Å². The number of methoxy groups -OCH3 is 1. The highest BCUT2D eigenvalue weighted by Gasteiger charge is 2.24. The van der Waals surface area contributed by atoms with E-state index in [-0.39, 0.29) is 5.97 Å². The van der Waals surface area contributed by atoms with Crippen molar-refractivity contribution in [2.45, 2.75) is 32.9 Å². The average Bonchev–Trinajstić information content (AvgIpc) is 2.48. The molecule has 1 N–H and O–H groups in total. The van der Waals surface area contributed by atoms with Gasteiger partial charge in [0.1, 0.15) is 0 Å². The van der Waals surface area contributed by atoms with Crippen molar-refractivity contribution in [1.29, 1.82) is 0 Å². The first-order valence-corrected chi connectivity index (χ1v) is 7.72. The zero-order valence-electron chi connectivity index (χ0n) is 13.3. The minimum Gasteiger partial charge on any atom is -0.465 e. The summed E-state index contributed by atoms with van der Waals surface area (Å²) < 4.78 is 4.89. The lowest BCUT2D eigenvalue weighted by atomic mass is 9.99. The molecule has 4 nitrogen and oxygen atoms in total. The van der Waals surface area contributed by atoms with Gasteiger partial charge in [0, 0.05) is 32.2 Å². The van der Waals surface area contributed by atoms with Gasteiger partial charge in [0.05, 0.1) is 12.7 Å². The molecule has 116 valence electrons. The molecule has 2 rings (SSSR count).